The van der Waals surface area contributed by atoms with E-state index in [-0.39, 0.29) is 11.4 Å². The van der Waals surface area contributed by atoms with E-state index in [1.807, 2.05) is 7.05 Å². The fourth-order valence-corrected chi connectivity index (χ4v) is 2.16. The van der Waals surface area contributed by atoms with Crippen molar-refractivity contribution in [2.45, 2.75) is 32.2 Å². The number of aromatic nitrogens is 2. The Morgan fingerprint density at radius 2 is 2.25 bits per heavy atom. The molecule has 2 aromatic rings. The predicted molar refractivity (Wildman–Crippen MR) is 75.4 cm³/mol. The van der Waals surface area contributed by atoms with Gasteiger partial charge in [0, 0.05) is 18.9 Å². The first-order valence-corrected chi connectivity index (χ1v) is 6.93. The number of hydrogen-bond donors (Lipinski definition) is 1. The van der Waals surface area contributed by atoms with E-state index in [2.05, 4.69) is 22.4 Å². The molecule has 108 valence electrons. The van der Waals surface area contributed by atoms with E-state index in [0.29, 0.717) is 29.7 Å². The van der Waals surface area contributed by atoms with Crippen LogP contribution in [-0.2, 0) is 12.8 Å². The van der Waals surface area contributed by atoms with Crippen LogP contribution in [0.5, 0.6) is 0 Å². The Morgan fingerprint density at radius 3 is 2.95 bits per heavy atom. The molecule has 4 nitrogen and oxygen atoms in total. The van der Waals surface area contributed by atoms with Crippen LogP contribution in [-0.4, -0.2) is 23.2 Å². The number of nitrogens with one attached hydrogen (secondary N) is 1. The molecular weight excluding hydrogens is 281 g/mol. The monoisotopic (exact) mass is 297 g/mol. The van der Waals surface area contributed by atoms with E-state index in [1.165, 1.54) is 6.07 Å². The van der Waals surface area contributed by atoms with Crippen LogP contribution in [0.15, 0.2) is 22.7 Å². The number of benzene rings is 1. The normalized spacial score (nSPS) is 12.6. The van der Waals surface area contributed by atoms with Crippen LogP contribution < -0.4 is 5.32 Å². The lowest BCUT2D eigenvalue weighted by Gasteiger charge is -2.09. The largest absolute Gasteiger partial charge is 0.339 e. The maximum absolute atomic E-state index is 13.8. The summed E-state index contributed by atoms with van der Waals surface area (Å²) < 4.78 is 19.0. The second kappa shape index (κ2) is 6.81. The van der Waals surface area contributed by atoms with Crippen LogP contribution in [0.3, 0.4) is 0 Å². The Hall–Kier alpha value is -1.46. The molecule has 2 rings (SSSR count). The van der Waals surface area contributed by atoms with Crippen molar-refractivity contribution in [1.82, 2.24) is 15.5 Å². The third-order valence-corrected chi connectivity index (χ3v) is 3.50. The molecule has 0 fully saturated rings. The van der Waals surface area contributed by atoms with Gasteiger partial charge in [-0.05, 0) is 25.1 Å². The average Bonchev–Trinajstić information content (AvgIpc) is 2.88. The van der Waals surface area contributed by atoms with Gasteiger partial charge < -0.3 is 9.84 Å². The van der Waals surface area contributed by atoms with E-state index in [9.17, 15) is 4.39 Å². The molecule has 6 heteroatoms. The summed E-state index contributed by atoms with van der Waals surface area (Å²) in [5.74, 6) is 0.595. The summed E-state index contributed by atoms with van der Waals surface area (Å²) >= 11 is 5.74. The number of rotatable bonds is 6. The number of hydrogen-bond acceptors (Lipinski definition) is 4. The van der Waals surface area contributed by atoms with Crippen LogP contribution in [0.2, 0.25) is 5.02 Å². The minimum Gasteiger partial charge on any atom is -0.339 e. The van der Waals surface area contributed by atoms with Gasteiger partial charge in [-0.1, -0.05) is 35.8 Å². The van der Waals surface area contributed by atoms with Gasteiger partial charge in [0.1, 0.15) is 5.82 Å². The van der Waals surface area contributed by atoms with Gasteiger partial charge in [-0.2, -0.15) is 4.98 Å². The molecule has 0 amide bonds. The molecule has 0 radical (unpaired) electrons. The van der Waals surface area contributed by atoms with Crippen molar-refractivity contribution in [3.63, 3.8) is 0 Å². The van der Waals surface area contributed by atoms with Crippen molar-refractivity contribution in [3.8, 4) is 0 Å². The number of nitrogens with zero attached hydrogens (tertiary/aromatic N) is 2. The summed E-state index contributed by atoms with van der Waals surface area (Å²) in [5.41, 5.74) is 0.463. The predicted octanol–water partition coefficient (Wildman–Crippen LogP) is 2.99. The lowest BCUT2D eigenvalue weighted by Crippen LogP contribution is -2.26. The quantitative estimate of drug-likeness (QED) is 0.890. The molecule has 0 saturated carbocycles. The van der Waals surface area contributed by atoms with Crippen molar-refractivity contribution < 1.29 is 8.91 Å². The lowest BCUT2D eigenvalue weighted by molar-refractivity contribution is 0.355. The van der Waals surface area contributed by atoms with Crippen molar-refractivity contribution >= 4 is 11.6 Å². The summed E-state index contributed by atoms with van der Waals surface area (Å²) in [7, 11) is 1.90. The molecule has 20 heavy (non-hydrogen) atoms. The van der Waals surface area contributed by atoms with Crippen LogP contribution in [0.1, 0.15) is 30.6 Å². The summed E-state index contributed by atoms with van der Waals surface area (Å²) in [4.78, 5) is 4.28. The minimum absolute atomic E-state index is 0.104. The van der Waals surface area contributed by atoms with Crippen LogP contribution >= 0.6 is 11.6 Å². The lowest BCUT2D eigenvalue weighted by atomic mass is 10.1. The summed E-state index contributed by atoms with van der Waals surface area (Å²) in [5, 5.41) is 7.15. The Labute approximate surface area is 122 Å². The summed E-state index contributed by atoms with van der Waals surface area (Å²) in [6, 6.07) is 5.18. The molecular formula is C14H17ClFN3O. The van der Waals surface area contributed by atoms with Crippen LogP contribution in [0.25, 0.3) is 0 Å². The molecule has 1 N–H and O–H groups in total. The second-order valence-corrected chi connectivity index (χ2v) is 5.00. The van der Waals surface area contributed by atoms with E-state index >= 15 is 0 Å². The SMILES string of the molecule is CCC(Cc1nc(Cc2cccc(Cl)c2F)no1)NC. The third-order valence-electron chi connectivity index (χ3n) is 3.21. The zero-order chi connectivity index (χ0) is 14.5. The summed E-state index contributed by atoms with van der Waals surface area (Å²) in [6.07, 6.45) is 1.90. The van der Waals surface area contributed by atoms with Gasteiger partial charge in [-0.15, -0.1) is 0 Å². The van der Waals surface area contributed by atoms with Crippen molar-refractivity contribution in [1.29, 1.82) is 0 Å². The summed E-state index contributed by atoms with van der Waals surface area (Å²) in [6.45, 7) is 2.08. The highest BCUT2D eigenvalue weighted by molar-refractivity contribution is 6.30. The molecule has 0 aliphatic rings. The van der Waals surface area contributed by atoms with Crippen molar-refractivity contribution in [2.75, 3.05) is 7.05 Å². The highest BCUT2D eigenvalue weighted by Crippen LogP contribution is 2.19. The highest BCUT2D eigenvalue weighted by atomic mass is 35.5. The molecule has 0 aliphatic heterocycles. The van der Waals surface area contributed by atoms with Gasteiger partial charge >= 0.3 is 0 Å². The zero-order valence-electron chi connectivity index (χ0n) is 11.5. The topological polar surface area (TPSA) is 51.0 Å². The Balaban J connectivity index is 2.08. The van der Waals surface area contributed by atoms with Gasteiger partial charge in [0.15, 0.2) is 5.82 Å². The zero-order valence-corrected chi connectivity index (χ0v) is 12.2. The molecule has 1 unspecified atom stereocenters. The fraction of sp³-hybridized carbons (Fsp3) is 0.429. The average molecular weight is 298 g/mol. The van der Waals surface area contributed by atoms with E-state index in [0.717, 1.165) is 6.42 Å². The first kappa shape index (κ1) is 14.9. The number of halogens is 2. The molecule has 0 bridgehead atoms. The third kappa shape index (κ3) is 3.55. The smallest absolute Gasteiger partial charge is 0.228 e. The van der Waals surface area contributed by atoms with Gasteiger partial charge in [0.25, 0.3) is 0 Å². The number of likely N-dealkylation sites (N-methyl/N-ethyl adjacent to an activating group) is 1. The first-order chi connectivity index (χ1) is 9.63. The minimum atomic E-state index is -0.429. The fourth-order valence-electron chi connectivity index (χ4n) is 1.96. The Bertz CT molecular complexity index is 569. The molecule has 1 aromatic carbocycles. The van der Waals surface area contributed by atoms with Gasteiger partial charge in [0.2, 0.25) is 5.89 Å². The van der Waals surface area contributed by atoms with E-state index in [4.69, 9.17) is 16.1 Å². The van der Waals surface area contributed by atoms with E-state index in [1.54, 1.807) is 12.1 Å². The Morgan fingerprint density at radius 1 is 1.45 bits per heavy atom. The van der Waals surface area contributed by atoms with Gasteiger partial charge in [-0.25, -0.2) is 4.39 Å². The maximum atomic E-state index is 13.8. The standard InChI is InChI=1S/C14H17ClFN3O/c1-3-10(17-2)8-13-18-12(19-20-13)7-9-5-4-6-11(15)14(9)16/h4-6,10,17H,3,7-8H2,1-2H3. The van der Waals surface area contributed by atoms with Crippen molar-refractivity contribution in [2.24, 2.45) is 0 Å². The molecule has 0 saturated heterocycles. The molecule has 1 heterocycles. The maximum Gasteiger partial charge on any atom is 0.228 e. The highest BCUT2D eigenvalue weighted by Gasteiger charge is 2.14. The van der Waals surface area contributed by atoms with Gasteiger partial charge in [-0.3, -0.25) is 0 Å². The Kier molecular flexibility index (Phi) is 5.09. The molecule has 0 aliphatic carbocycles. The van der Waals surface area contributed by atoms with Crippen LogP contribution in [0.4, 0.5) is 4.39 Å². The molecule has 1 aromatic heterocycles. The van der Waals surface area contributed by atoms with Crippen LogP contribution in [0, 0.1) is 5.82 Å². The van der Waals surface area contributed by atoms with E-state index < -0.39 is 5.82 Å². The van der Waals surface area contributed by atoms with Gasteiger partial charge in [0.05, 0.1) is 5.02 Å². The first-order valence-electron chi connectivity index (χ1n) is 6.55. The second-order valence-electron chi connectivity index (χ2n) is 4.59. The molecule has 0 spiro atoms. The molecule has 1 atom stereocenters. The van der Waals surface area contributed by atoms with Crippen molar-refractivity contribution in [3.05, 3.63) is 46.3 Å².